The number of nitroso groups, excluding NO2 is 1. The summed E-state index contributed by atoms with van der Waals surface area (Å²) in [6.45, 7) is 1.73. The Bertz CT molecular complexity index is 68.1. The molecule has 3 heteroatoms. The van der Waals surface area contributed by atoms with Crippen molar-refractivity contribution in [2.24, 2.45) is 5.29 Å². The summed E-state index contributed by atoms with van der Waals surface area (Å²) in [7, 11) is 0. The highest BCUT2D eigenvalue weighted by Crippen LogP contribution is 2.05. The molecule has 0 spiro atoms. The SMILES string of the molecule is O=[15N]N1[13CH2]CC[13CH2]1. The van der Waals surface area contributed by atoms with Crippen LogP contribution >= 0.6 is 0 Å². The molecule has 3 nitrogen and oxygen atoms in total. The second kappa shape index (κ2) is 1.91. The van der Waals surface area contributed by atoms with E-state index in [0.29, 0.717) is 0 Å². The normalized spacial score (nSPS) is 20.3. The van der Waals surface area contributed by atoms with Gasteiger partial charge in [-0.25, -0.2) is 0 Å². The molecule has 0 unspecified atom stereocenters. The molecule has 0 N–H and O–H groups in total. The summed E-state index contributed by atoms with van der Waals surface area (Å²) in [5.41, 5.74) is 0. The lowest BCUT2D eigenvalue weighted by Crippen LogP contribution is -2.08. The van der Waals surface area contributed by atoms with Crippen LogP contribution in [0.25, 0.3) is 0 Å². The lowest BCUT2D eigenvalue weighted by atomic mass is 10.6. The van der Waals surface area contributed by atoms with E-state index in [0.717, 1.165) is 25.9 Å². The number of hydrogen-bond acceptors (Lipinski definition) is 2. The van der Waals surface area contributed by atoms with Gasteiger partial charge in [0.1, 0.15) is 0 Å². The predicted octanol–water partition coefficient (Wildman–Crippen LogP) is 0.764. The fourth-order valence-corrected chi connectivity index (χ4v) is 0.782. The van der Waals surface area contributed by atoms with E-state index in [-0.39, 0.29) is 0 Å². The Morgan fingerprint density at radius 2 is 1.86 bits per heavy atom. The Morgan fingerprint density at radius 3 is 2.14 bits per heavy atom. The van der Waals surface area contributed by atoms with Gasteiger partial charge >= 0.3 is 0 Å². The van der Waals surface area contributed by atoms with Gasteiger partial charge in [-0.2, -0.15) is 0 Å². The third kappa shape index (κ3) is 0.885. The van der Waals surface area contributed by atoms with Crippen LogP contribution < -0.4 is 0 Å². The van der Waals surface area contributed by atoms with Crippen molar-refractivity contribution in [1.29, 1.82) is 0 Å². The van der Waals surface area contributed by atoms with Crippen molar-refractivity contribution < 1.29 is 0 Å². The van der Waals surface area contributed by atoms with Crippen LogP contribution in [0.15, 0.2) is 5.29 Å². The van der Waals surface area contributed by atoms with E-state index in [1.165, 1.54) is 0 Å². The standard InChI is InChI=1S/C4H8N2O/c7-5-6-3-1-2-4-6/h1-4H2/i3+1,4+1,5+1. The van der Waals surface area contributed by atoms with Gasteiger partial charge in [-0.15, -0.1) is 4.91 Å². The fourth-order valence-electron chi connectivity index (χ4n) is 0.782. The summed E-state index contributed by atoms with van der Waals surface area (Å²) in [5.74, 6) is 0. The summed E-state index contributed by atoms with van der Waals surface area (Å²) < 4.78 is 0. The summed E-state index contributed by atoms with van der Waals surface area (Å²) in [6.07, 6.45) is 2.26. The van der Waals surface area contributed by atoms with Gasteiger partial charge in [0.2, 0.25) is 0 Å². The highest BCUT2D eigenvalue weighted by Gasteiger charge is 2.08. The van der Waals surface area contributed by atoms with Crippen LogP contribution in [0, 0.1) is 4.91 Å². The van der Waals surface area contributed by atoms with Crippen LogP contribution in [0.4, 0.5) is 0 Å². The zero-order valence-electron chi connectivity index (χ0n) is 4.13. The highest BCUT2D eigenvalue weighted by atomic mass is 16.5. The molecule has 1 saturated heterocycles. The van der Waals surface area contributed by atoms with Gasteiger partial charge in [0.05, 0.1) is 5.29 Å². The Morgan fingerprint density at radius 1 is 1.29 bits per heavy atom. The molecule has 0 atom stereocenters. The smallest absolute Gasteiger partial charge is 0.0523 e. The Hall–Kier alpha value is -0.600. The van der Waals surface area contributed by atoms with Crippen molar-refractivity contribution in [3.05, 3.63) is 4.91 Å². The Labute approximate surface area is 42.3 Å². The molecule has 1 aliphatic heterocycles. The lowest BCUT2D eigenvalue weighted by Gasteiger charge is -2.00. The minimum atomic E-state index is 0.865. The van der Waals surface area contributed by atoms with Gasteiger partial charge in [0, 0.05) is 13.1 Å². The molecule has 0 aromatic heterocycles. The van der Waals surface area contributed by atoms with Gasteiger partial charge in [-0.3, -0.25) is 5.01 Å². The topological polar surface area (TPSA) is 32.7 Å². The van der Waals surface area contributed by atoms with E-state index < -0.39 is 0 Å². The van der Waals surface area contributed by atoms with Crippen molar-refractivity contribution in [2.45, 2.75) is 12.8 Å². The van der Waals surface area contributed by atoms with E-state index in [9.17, 15) is 4.91 Å². The van der Waals surface area contributed by atoms with Gasteiger partial charge in [0.15, 0.2) is 0 Å². The van der Waals surface area contributed by atoms with Gasteiger partial charge < -0.3 is 0 Å². The Balaban J connectivity index is 2.26. The molecular formula is C4H8N2O. The van der Waals surface area contributed by atoms with Gasteiger partial charge in [-0.05, 0) is 12.8 Å². The average molecular weight is 103 g/mol. The maximum atomic E-state index is 9.68. The van der Waals surface area contributed by atoms with Crippen LogP contribution in [0.1, 0.15) is 12.8 Å². The quantitative estimate of drug-likeness (QED) is 0.279. The largest absolute Gasteiger partial charge is 0.261 e. The predicted molar refractivity (Wildman–Crippen MR) is 26.6 cm³/mol. The van der Waals surface area contributed by atoms with Crippen molar-refractivity contribution >= 4 is 0 Å². The summed E-state index contributed by atoms with van der Waals surface area (Å²) in [4.78, 5) is 9.68. The first kappa shape index (κ1) is 4.56. The molecule has 0 aromatic carbocycles. The molecule has 40 valence electrons. The van der Waals surface area contributed by atoms with E-state index >= 15 is 0 Å². The first-order valence-electron chi connectivity index (χ1n) is 2.52. The molecule has 1 rings (SSSR count). The lowest BCUT2D eigenvalue weighted by molar-refractivity contribution is 0.355. The summed E-state index contributed by atoms with van der Waals surface area (Å²) in [6, 6.07) is 0. The zero-order chi connectivity index (χ0) is 5.11. The Kier molecular flexibility index (Phi) is 1.24. The minimum absolute atomic E-state index is 0.865. The van der Waals surface area contributed by atoms with E-state index in [2.05, 4.69) is 5.29 Å². The average Bonchev–Trinajstić information content (AvgIpc) is 2.14. The van der Waals surface area contributed by atoms with Crippen LogP contribution in [0.2, 0.25) is 0 Å². The fraction of sp³-hybridized carbons (Fsp3) is 1.00. The van der Waals surface area contributed by atoms with Crippen LogP contribution in [-0.2, 0) is 0 Å². The van der Waals surface area contributed by atoms with Crippen LogP contribution in [-0.4, -0.2) is 18.1 Å². The monoisotopic (exact) mass is 103 g/mol. The molecule has 1 heterocycles. The molecule has 7 heavy (non-hydrogen) atoms. The summed E-state index contributed by atoms with van der Waals surface area (Å²) >= 11 is 0. The minimum Gasteiger partial charge on any atom is -0.261 e. The first-order chi connectivity index (χ1) is 3.43. The van der Waals surface area contributed by atoms with Crippen LogP contribution in [0.3, 0.4) is 0 Å². The first-order valence-corrected chi connectivity index (χ1v) is 2.52. The molecule has 0 saturated carbocycles. The van der Waals surface area contributed by atoms with Gasteiger partial charge in [-0.1, -0.05) is 0 Å². The third-order valence-electron chi connectivity index (χ3n) is 1.20. The molecular weight excluding hydrogens is 95.0 g/mol. The second-order valence-corrected chi connectivity index (χ2v) is 1.74. The third-order valence-corrected chi connectivity index (χ3v) is 1.20. The van der Waals surface area contributed by atoms with Crippen molar-refractivity contribution in [2.75, 3.05) is 13.1 Å². The highest BCUT2D eigenvalue weighted by molar-refractivity contribution is 4.59. The van der Waals surface area contributed by atoms with E-state index in [1.54, 1.807) is 5.01 Å². The molecule has 1 aliphatic rings. The van der Waals surface area contributed by atoms with Crippen molar-refractivity contribution in [1.82, 2.24) is 5.01 Å². The molecule has 0 radical (unpaired) electrons. The van der Waals surface area contributed by atoms with Crippen LogP contribution in [0.5, 0.6) is 0 Å². The maximum absolute atomic E-state index is 9.68. The number of nitrogens with zero attached hydrogens (tertiary/aromatic N) is 2. The second-order valence-electron chi connectivity index (χ2n) is 1.74. The van der Waals surface area contributed by atoms with Gasteiger partial charge in [0.25, 0.3) is 0 Å². The van der Waals surface area contributed by atoms with E-state index in [1.807, 2.05) is 0 Å². The van der Waals surface area contributed by atoms with Crippen molar-refractivity contribution in [3.63, 3.8) is 0 Å². The number of rotatable bonds is 1. The molecule has 1 fully saturated rings. The van der Waals surface area contributed by atoms with Crippen molar-refractivity contribution in [3.8, 4) is 0 Å². The van der Waals surface area contributed by atoms with E-state index in [4.69, 9.17) is 0 Å². The molecule has 0 bridgehead atoms. The summed E-state index contributed by atoms with van der Waals surface area (Å²) in [5, 5.41) is 4.33. The zero-order valence-corrected chi connectivity index (χ0v) is 4.13. The molecule has 0 aromatic rings. The maximum Gasteiger partial charge on any atom is 0.0523 e. The number of hydrogen-bond donors (Lipinski definition) is 0. The molecule has 0 aliphatic carbocycles. The molecule has 0 amide bonds.